The van der Waals surface area contributed by atoms with Gasteiger partial charge >= 0.3 is 0 Å². The number of hydroxylamine groups is 2. The molecular formula is C15H19ClN6O2. The third-order valence-corrected chi connectivity index (χ3v) is 3.01. The second kappa shape index (κ2) is 9.36. The molecule has 8 N–H and O–H groups in total. The van der Waals surface area contributed by atoms with Gasteiger partial charge < -0.3 is 11.5 Å². The zero-order valence-corrected chi connectivity index (χ0v) is 13.5. The Hall–Kier alpha value is -2.81. The fraction of sp³-hybridized carbons (Fsp3) is 0.0667. The predicted molar refractivity (Wildman–Crippen MR) is 95.3 cm³/mol. The fourth-order valence-corrected chi connectivity index (χ4v) is 1.94. The van der Waals surface area contributed by atoms with Crippen LogP contribution in [0.1, 0.15) is 11.1 Å². The van der Waals surface area contributed by atoms with Gasteiger partial charge in [-0.3, -0.25) is 10.4 Å². The normalized spacial score (nSPS) is 11.6. The summed E-state index contributed by atoms with van der Waals surface area (Å²) in [7, 11) is 0. The molecule has 0 spiro atoms. The van der Waals surface area contributed by atoms with E-state index in [9.17, 15) is 0 Å². The lowest BCUT2D eigenvalue weighted by atomic mass is 10.0. The first kappa shape index (κ1) is 19.2. The summed E-state index contributed by atoms with van der Waals surface area (Å²) in [5.74, 6) is -0.129. The van der Waals surface area contributed by atoms with Gasteiger partial charge in [0.15, 0.2) is 0 Å². The highest BCUT2D eigenvalue weighted by atomic mass is 35.5. The molecule has 0 aliphatic heterocycles. The fourth-order valence-electron chi connectivity index (χ4n) is 1.94. The van der Waals surface area contributed by atoms with Crippen LogP contribution in [0.15, 0.2) is 58.5 Å². The van der Waals surface area contributed by atoms with Crippen LogP contribution in [-0.2, 0) is 6.42 Å². The van der Waals surface area contributed by atoms with Gasteiger partial charge in [-0.1, -0.05) is 24.3 Å². The molecular weight excluding hydrogens is 332 g/mol. The van der Waals surface area contributed by atoms with Crippen LogP contribution in [0.5, 0.6) is 0 Å². The molecule has 0 aliphatic rings. The lowest BCUT2D eigenvalue weighted by Crippen LogP contribution is -2.27. The van der Waals surface area contributed by atoms with Crippen molar-refractivity contribution in [3.8, 4) is 0 Å². The largest absolute Gasteiger partial charge is 0.368 e. The maximum Gasteiger partial charge on any atom is 0.218 e. The minimum Gasteiger partial charge on any atom is -0.368 e. The molecule has 0 saturated heterocycles. The summed E-state index contributed by atoms with van der Waals surface area (Å²) in [6.07, 6.45) is 0.745. The third kappa shape index (κ3) is 5.76. The van der Waals surface area contributed by atoms with Crippen LogP contribution in [0.3, 0.4) is 0 Å². The van der Waals surface area contributed by atoms with Crippen LogP contribution in [-0.4, -0.2) is 22.3 Å². The van der Waals surface area contributed by atoms with E-state index in [1.807, 2.05) is 48.5 Å². The first-order valence-corrected chi connectivity index (χ1v) is 6.77. The average Bonchev–Trinajstić information content (AvgIpc) is 2.58. The molecule has 0 amide bonds. The topological polar surface area (TPSA) is 141 Å². The van der Waals surface area contributed by atoms with Gasteiger partial charge in [-0.15, -0.1) is 12.4 Å². The third-order valence-electron chi connectivity index (χ3n) is 3.01. The summed E-state index contributed by atoms with van der Waals surface area (Å²) in [6.45, 7) is 0. The Balaban J connectivity index is 0.00000288. The molecule has 0 unspecified atom stereocenters. The standard InChI is InChI=1S/C15H18N6O2.ClH/c16-14(20-22)18-12-5-1-10(2-6-12)9-11-3-7-13(8-4-11)19-15(17)21-23;/h1-8,22-23H,9H2,(H3,16,18,20)(H3,17,19,21);1H. The van der Waals surface area contributed by atoms with Gasteiger partial charge in [0.1, 0.15) is 0 Å². The lowest BCUT2D eigenvalue weighted by molar-refractivity contribution is 0.233. The van der Waals surface area contributed by atoms with Crippen molar-refractivity contribution in [1.29, 1.82) is 0 Å². The first-order valence-electron chi connectivity index (χ1n) is 6.77. The quantitative estimate of drug-likeness (QED) is 0.281. The number of guanidine groups is 2. The molecule has 0 aliphatic carbocycles. The molecule has 0 aromatic heterocycles. The maximum atomic E-state index is 8.60. The smallest absolute Gasteiger partial charge is 0.218 e. The van der Waals surface area contributed by atoms with Crippen molar-refractivity contribution in [3.63, 3.8) is 0 Å². The van der Waals surface area contributed by atoms with Crippen molar-refractivity contribution in [1.82, 2.24) is 11.0 Å². The Labute approximate surface area is 145 Å². The van der Waals surface area contributed by atoms with E-state index in [0.717, 1.165) is 17.5 Å². The van der Waals surface area contributed by atoms with Crippen LogP contribution in [0, 0.1) is 0 Å². The molecule has 0 radical (unpaired) electrons. The van der Waals surface area contributed by atoms with Crippen molar-refractivity contribution in [2.24, 2.45) is 21.5 Å². The number of halogens is 1. The van der Waals surface area contributed by atoms with Crippen molar-refractivity contribution in [2.45, 2.75) is 6.42 Å². The predicted octanol–water partition coefficient (Wildman–Crippen LogP) is 1.55. The van der Waals surface area contributed by atoms with Crippen LogP contribution < -0.4 is 22.4 Å². The highest BCUT2D eigenvalue weighted by molar-refractivity contribution is 5.85. The van der Waals surface area contributed by atoms with Crippen LogP contribution in [0.4, 0.5) is 11.4 Å². The lowest BCUT2D eigenvalue weighted by Gasteiger charge is -2.04. The van der Waals surface area contributed by atoms with Crippen molar-refractivity contribution in [2.75, 3.05) is 0 Å². The van der Waals surface area contributed by atoms with Gasteiger partial charge in [-0.2, -0.15) is 0 Å². The molecule has 128 valence electrons. The van der Waals surface area contributed by atoms with Crippen molar-refractivity contribution < 1.29 is 10.4 Å². The summed E-state index contributed by atoms with van der Waals surface area (Å²) in [5.41, 5.74) is 17.8. The first-order chi connectivity index (χ1) is 11.1. The molecule has 2 rings (SSSR count). The van der Waals surface area contributed by atoms with E-state index in [0.29, 0.717) is 11.4 Å². The van der Waals surface area contributed by atoms with Gasteiger partial charge in [-0.25, -0.2) is 20.9 Å². The van der Waals surface area contributed by atoms with E-state index in [1.165, 1.54) is 0 Å². The van der Waals surface area contributed by atoms with Gasteiger partial charge in [0.25, 0.3) is 0 Å². The van der Waals surface area contributed by atoms with E-state index in [1.54, 1.807) is 11.0 Å². The highest BCUT2D eigenvalue weighted by Crippen LogP contribution is 2.18. The molecule has 9 heteroatoms. The molecule has 0 fully saturated rings. The van der Waals surface area contributed by atoms with Gasteiger partial charge in [-0.05, 0) is 41.8 Å². The van der Waals surface area contributed by atoms with E-state index >= 15 is 0 Å². The molecule has 0 heterocycles. The Morgan fingerprint density at radius 2 is 1.08 bits per heavy atom. The second-order valence-corrected chi connectivity index (χ2v) is 4.73. The van der Waals surface area contributed by atoms with E-state index in [2.05, 4.69) is 9.98 Å². The molecule has 0 saturated carbocycles. The van der Waals surface area contributed by atoms with Crippen molar-refractivity contribution >= 4 is 35.7 Å². The number of benzene rings is 2. The molecule has 8 nitrogen and oxygen atoms in total. The average molecular weight is 351 g/mol. The zero-order chi connectivity index (χ0) is 16.7. The SMILES string of the molecule is Cl.NC(=Nc1ccc(Cc2ccc(N=C(N)NO)cc2)cc1)NO. The zero-order valence-electron chi connectivity index (χ0n) is 12.7. The molecule has 24 heavy (non-hydrogen) atoms. The molecule has 0 atom stereocenters. The number of hydrogen-bond donors (Lipinski definition) is 6. The van der Waals surface area contributed by atoms with Gasteiger partial charge in [0.05, 0.1) is 11.4 Å². The van der Waals surface area contributed by atoms with Crippen LogP contribution in [0.25, 0.3) is 0 Å². The number of nitrogens with two attached hydrogens (primary N) is 2. The molecule has 2 aromatic rings. The highest BCUT2D eigenvalue weighted by Gasteiger charge is 1.99. The molecule has 2 aromatic carbocycles. The Kier molecular flexibility index (Phi) is 7.50. The number of nitrogens with zero attached hydrogens (tertiary/aromatic N) is 2. The minimum atomic E-state index is -0.0643. The molecule has 0 bridgehead atoms. The number of nitrogens with one attached hydrogen (secondary N) is 2. The van der Waals surface area contributed by atoms with E-state index in [-0.39, 0.29) is 24.3 Å². The number of rotatable bonds is 4. The van der Waals surface area contributed by atoms with Gasteiger partial charge in [0.2, 0.25) is 11.9 Å². The second-order valence-electron chi connectivity index (χ2n) is 4.73. The maximum absolute atomic E-state index is 8.60. The summed E-state index contributed by atoms with van der Waals surface area (Å²) >= 11 is 0. The van der Waals surface area contributed by atoms with E-state index < -0.39 is 0 Å². The Bertz CT molecular complexity index is 639. The van der Waals surface area contributed by atoms with Crippen molar-refractivity contribution in [3.05, 3.63) is 59.7 Å². The summed E-state index contributed by atoms with van der Waals surface area (Å²) in [6, 6.07) is 15.0. The minimum absolute atomic E-state index is 0. The summed E-state index contributed by atoms with van der Waals surface area (Å²) < 4.78 is 0. The summed E-state index contributed by atoms with van der Waals surface area (Å²) in [4.78, 5) is 7.91. The van der Waals surface area contributed by atoms with Gasteiger partial charge in [0, 0.05) is 0 Å². The summed E-state index contributed by atoms with van der Waals surface area (Å²) in [5, 5.41) is 17.2. The number of hydrogen-bond acceptors (Lipinski definition) is 4. The Morgan fingerprint density at radius 3 is 1.38 bits per heavy atom. The van der Waals surface area contributed by atoms with Crippen LogP contribution in [0.2, 0.25) is 0 Å². The Morgan fingerprint density at radius 1 is 0.750 bits per heavy atom. The van der Waals surface area contributed by atoms with E-state index in [4.69, 9.17) is 21.9 Å². The van der Waals surface area contributed by atoms with Crippen LogP contribution >= 0.6 is 12.4 Å². The monoisotopic (exact) mass is 350 g/mol. The number of aliphatic imine (C=N–C) groups is 2.